The molecule has 65 heavy (non-hydrogen) atoms. The van der Waals surface area contributed by atoms with Crippen LogP contribution in [0.25, 0.3) is 0 Å². The summed E-state index contributed by atoms with van der Waals surface area (Å²) in [7, 11) is 3.52. The van der Waals surface area contributed by atoms with Gasteiger partial charge in [-0.05, 0) is 111 Å². The van der Waals surface area contributed by atoms with E-state index in [4.69, 9.17) is 0 Å². The molecular formula is C50H61N9O6. The highest BCUT2D eigenvalue weighted by Gasteiger charge is 2.48. The van der Waals surface area contributed by atoms with Gasteiger partial charge in [-0.15, -0.1) is 0 Å². The first-order chi connectivity index (χ1) is 31.4. The van der Waals surface area contributed by atoms with Crippen LogP contribution in [0.3, 0.4) is 0 Å². The van der Waals surface area contributed by atoms with Crippen LogP contribution in [-0.2, 0) is 34.8 Å². The topological polar surface area (TPSA) is 160 Å². The molecule has 1 aromatic heterocycles. The minimum absolute atomic E-state index is 0.00308. The Bertz CT molecular complexity index is 2420. The van der Waals surface area contributed by atoms with Gasteiger partial charge >= 0.3 is 6.03 Å². The van der Waals surface area contributed by atoms with Crippen molar-refractivity contribution in [1.29, 1.82) is 0 Å². The fourth-order valence-electron chi connectivity index (χ4n) is 9.64. The second-order valence-corrected chi connectivity index (χ2v) is 18.1. The van der Waals surface area contributed by atoms with Crippen LogP contribution in [0.2, 0.25) is 0 Å². The number of benzene rings is 3. The molecule has 3 aliphatic heterocycles. The maximum Gasteiger partial charge on any atom is 0.328 e. The summed E-state index contributed by atoms with van der Waals surface area (Å²) < 4.78 is 2.20. The van der Waals surface area contributed by atoms with E-state index in [1.807, 2.05) is 60.4 Å². The molecule has 3 aromatic carbocycles. The number of nitrogens with one attached hydrogen (secondary N) is 3. The molecule has 1 saturated carbocycles. The molecule has 15 nitrogen and oxygen atoms in total. The van der Waals surface area contributed by atoms with E-state index in [0.29, 0.717) is 48.6 Å². The number of imide groups is 1. The van der Waals surface area contributed by atoms with Gasteiger partial charge in [0, 0.05) is 114 Å². The molecule has 0 unspecified atom stereocenters. The average molecular weight is 884 g/mol. The van der Waals surface area contributed by atoms with E-state index in [0.717, 1.165) is 94.6 Å². The Morgan fingerprint density at radius 1 is 0.769 bits per heavy atom. The van der Waals surface area contributed by atoms with Crippen molar-refractivity contribution in [1.82, 2.24) is 34.8 Å². The van der Waals surface area contributed by atoms with Crippen LogP contribution < -0.4 is 20.9 Å². The van der Waals surface area contributed by atoms with Crippen LogP contribution in [0, 0.1) is 6.92 Å². The molecular weight excluding hydrogens is 823 g/mol. The number of urea groups is 1. The number of hydrogen-bond acceptors (Lipinski definition) is 8. The number of rotatable bonds is 15. The summed E-state index contributed by atoms with van der Waals surface area (Å²) in [4.78, 5) is 86.0. The maximum atomic E-state index is 13.5. The van der Waals surface area contributed by atoms with Crippen molar-refractivity contribution >= 4 is 46.9 Å². The lowest BCUT2D eigenvalue weighted by atomic mass is 9.71. The molecule has 1 aliphatic carbocycles. The summed E-state index contributed by atoms with van der Waals surface area (Å²) in [6.45, 7) is 8.59. The molecule has 4 aromatic rings. The number of nitrogens with zero attached hydrogens (tertiary/aromatic N) is 6. The van der Waals surface area contributed by atoms with Gasteiger partial charge < -0.3 is 25.0 Å². The molecule has 8 rings (SSSR count). The van der Waals surface area contributed by atoms with Crippen molar-refractivity contribution in [3.8, 4) is 0 Å². The number of piperazine rings is 1. The highest BCUT2D eigenvalue weighted by atomic mass is 16.2. The molecule has 4 heterocycles. The third-order valence-electron chi connectivity index (χ3n) is 13.6. The molecule has 3 N–H and O–H groups in total. The van der Waals surface area contributed by atoms with Gasteiger partial charge in [0.25, 0.3) is 17.7 Å². The van der Waals surface area contributed by atoms with E-state index in [-0.39, 0.29) is 48.0 Å². The standard InChI is InChI=1S/C50H61N9O6/c1-35-9-14-39(32-42(35)59-25-21-45(61)53-49(59)65)48(64)56-28-26-55(27-29-56)24-6-4-5-8-44(60)52-40-17-12-36(13-18-40)33-51-46(62)41-19-20-43-50(22-7-23-50)57(30-31-58(41)43)34-37-10-15-38(16-11-37)47(63)54(2)3/h9-20,32H,4-8,21-31,33-34H2,1-3H3,(H,51,62)(H,52,60)(H,53,61,65). The number of amides is 7. The molecule has 342 valence electrons. The fourth-order valence-corrected chi connectivity index (χ4v) is 9.64. The summed E-state index contributed by atoms with van der Waals surface area (Å²) in [5.74, 6) is -0.489. The third-order valence-corrected chi connectivity index (χ3v) is 13.6. The Balaban J connectivity index is 0.725. The second kappa shape index (κ2) is 19.8. The van der Waals surface area contributed by atoms with Gasteiger partial charge in [-0.3, -0.25) is 44.0 Å². The lowest BCUT2D eigenvalue weighted by Crippen LogP contribution is -2.56. The number of anilines is 2. The lowest BCUT2D eigenvalue weighted by Gasteiger charge is -2.53. The predicted octanol–water partition coefficient (Wildman–Crippen LogP) is 5.73. The molecule has 0 atom stereocenters. The van der Waals surface area contributed by atoms with Crippen molar-refractivity contribution in [2.24, 2.45) is 0 Å². The SMILES string of the molecule is Cc1ccc(C(=O)N2CCN(CCCCCC(=O)Nc3ccc(CNC(=O)c4ccc5n4CCN(Cc4ccc(C(=O)N(C)C)cc4)C54CCC4)cc3)CC2)cc1N1CCC(=O)NC1=O. The van der Waals surface area contributed by atoms with Gasteiger partial charge in [-0.1, -0.05) is 36.8 Å². The summed E-state index contributed by atoms with van der Waals surface area (Å²) in [6.07, 6.45) is 6.58. The molecule has 3 fully saturated rings. The number of carbonyl (C=O) groups is 6. The number of unbranched alkanes of at least 4 members (excludes halogenated alkanes) is 2. The Morgan fingerprint density at radius 2 is 1.49 bits per heavy atom. The normalized spacial score (nSPS) is 17.3. The fraction of sp³-hybridized carbons (Fsp3) is 0.440. The summed E-state index contributed by atoms with van der Waals surface area (Å²) >= 11 is 0. The minimum Gasteiger partial charge on any atom is -0.347 e. The van der Waals surface area contributed by atoms with Gasteiger partial charge in [0.1, 0.15) is 5.69 Å². The third kappa shape index (κ3) is 10.2. The Morgan fingerprint density at radius 3 is 2.18 bits per heavy atom. The van der Waals surface area contributed by atoms with Crippen molar-refractivity contribution in [3.63, 3.8) is 0 Å². The van der Waals surface area contributed by atoms with E-state index >= 15 is 0 Å². The number of aryl methyl sites for hydroxylation is 1. The zero-order chi connectivity index (χ0) is 45.7. The van der Waals surface area contributed by atoms with E-state index in [2.05, 4.69) is 48.5 Å². The highest BCUT2D eigenvalue weighted by molar-refractivity contribution is 6.06. The Labute approximate surface area is 381 Å². The number of carbonyl (C=O) groups excluding carboxylic acids is 6. The number of fused-ring (bicyclic) bond motifs is 2. The van der Waals surface area contributed by atoms with Crippen molar-refractivity contribution in [3.05, 3.63) is 118 Å². The van der Waals surface area contributed by atoms with Gasteiger partial charge in [0.2, 0.25) is 11.8 Å². The smallest absolute Gasteiger partial charge is 0.328 e. The summed E-state index contributed by atoms with van der Waals surface area (Å²) in [5, 5.41) is 8.46. The molecule has 4 aliphatic rings. The van der Waals surface area contributed by atoms with Crippen LogP contribution in [0.15, 0.2) is 78.9 Å². The van der Waals surface area contributed by atoms with Crippen LogP contribution >= 0.6 is 0 Å². The van der Waals surface area contributed by atoms with Crippen LogP contribution in [-0.4, -0.2) is 120 Å². The first kappa shape index (κ1) is 45.3. The summed E-state index contributed by atoms with van der Waals surface area (Å²) in [6, 6.07) is 24.5. The van der Waals surface area contributed by atoms with Crippen molar-refractivity contribution in [2.75, 3.05) is 70.1 Å². The second-order valence-electron chi connectivity index (χ2n) is 18.1. The van der Waals surface area contributed by atoms with E-state index in [9.17, 15) is 28.8 Å². The zero-order valence-corrected chi connectivity index (χ0v) is 37.9. The van der Waals surface area contributed by atoms with E-state index < -0.39 is 6.03 Å². The molecule has 7 amide bonds. The Hall–Kier alpha value is -6.32. The van der Waals surface area contributed by atoms with Crippen molar-refractivity contribution < 1.29 is 28.8 Å². The van der Waals surface area contributed by atoms with Gasteiger partial charge in [0.05, 0.1) is 5.54 Å². The molecule has 15 heteroatoms. The van der Waals surface area contributed by atoms with Crippen LogP contribution in [0.5, 0.6) is 0 Å². The average Bonchev–Trinajstić information content (AvgIpc) is 3.73. The lowest BCUT2D eigenvalue weighted by molar-refractivity contribution is -0.120. The van der Waals surface area contributed by atoms with Gasteiger partial charge in [-0.2, -0.15) is 0 Å². The highest BCUT2D eigenvalue weighted by Crippen LogP contribution is 2.49. The van der Waals surface area contributed by atoms with E-state index in [1.54, 1.807) is 31.1 Å². The first-order valence-electron chi connectivity index (χ1n) is 23.0. The first-order valence-corrected chi connectivity index (χ1v) is 23.0. The van der Waals surface area contributed by atoms with Gasteiger partial charge in [0.15, 0.2) is 0 Å². The summed E-state index contributed by atoms with van der Waals surface area (Å²) in [5.41, 5.74) is 7.35. The van der Waals surface area contributed by atoms with Crippen molar-refractivity contribution in [2.45, 2.75) is 83.5 Å². The molecule has 0 bridgehead atoms. The quantitative estimate of drug-likeness (QED) is 0.128. The largest absolute Gasteiger partial charge is 0.347 e. The maximum absolute atomic E-state index is 13.5. The van der Waals surface area contributed by atoms with Gasteiger partial charge in [-0.25, -0.2) is 4.79 Å². The van der Waals surface area contributed by atoms with E-state index in [1.165, 1.54) is 16.2 Å². The molecule has 2 saturated heterocycles. The van der Waals surface area contributed by atoms with Crippen LogP contribution in [0.1, 0.15) is 105 Å². The minimum atomic E-state index is -0.465. The molecule has 0 radical (unpaired) electrons. The predicted molar refractivity (Wildman–Crippen MR) is 249 cm³/mol. The Kier molecular flexibility index (Phi) is 13.8. The molecule has 1 spiro atoms. The number of aromatic nitrogens is 1. The monoisotopic (exact) mass is 883 g/mol. The zero-order valence-electron chi connectivity index (χ0n) is 37.9. The van der Waals surface area contributed by atoms with Crippen LogP contribution in [0.4, 0.5) is 16.2 Å². The number of hydrogen-bond donors (Lipinski definition) is 3.